The van der Waals surface area contributed by atoms with E-state index in [4.69, 9.17) is 19.1 Å². The standard InChI is InChI=1S/C22H24N4O2S.CH2O2/c1-25(2)16-7-10-26(11-8-16)13-15-14-27-19-12-17(5-6-18(15)19)28-22-24-21-20(29-22)4-3-9-23-21;2-1-3/h3-6,9,12,14,16H,7-8,10-11,13H2,1-2H3;1H,(H,2,3). The zero-order chi connectivity index (χ0) is 22.5. The fourth-order valence-corrected chi connectivity index (χ4v) is 4.77. The number of piperidine rings is 1. The number of likely N-dealkylation sites (tertiary alicyclic amines) is 1. The second kappa shape index (κ2) is 10.1. The van der Waals surface area contributed by atoms with Crippen molar-refractivity contribution in [3.05, 3.63) is 48.4 Å². The molecule has 1 aromatic carbocycles. The van der Waals surface area contributed by atoms with E-state index in [0.29, 0.717) is 16.9 Å². The van der Waals surface area contributed by atoms with E-state index in [1.807, 2.05) is 30.5 Å². The van der Waals surface area contributed by atoms with Gasteiger partial charge in [0.2, 0.25) is 0 Å². The Balaban J connectivity index is 0.000000775. The molecule has 0 spiro atoms. The smallest absolute Gasteiger partial charge is 0.290 e. The maximum absolute atomic E-state index is 8.36. The van der Waals surface area contributed by atoms with Crippen LogP contribution < -0.4 is 4.74 Å². The van der Waals surface area contributed by atoms with E-state index in [1.54, 1.807) is 6.20 Å². The highest BCUT2D eigenvalue weighted by Crippen LogP contribution is 2.33. The molecule has 4 heterocycles. The third kappa shape index (κ3) is 5.07. The van der Waals surface area contributed by atoms with Crippen molar-refractivity contribution < 1.29 is 19.1 Å². The number of carboxylic acid groups (broad SMARTS) is 1. The normalized spacial score (nSPS) is 15.1. The second-order valence-corrected chi connectivity index (χ2v) is 8.90. The molecule has 0 unspecified atom stereocenters. The maximum atomic E-state index is 8.36. The summed E-state index contributed by atoms with van der Waals surface area (Å²) >= 11 is 1.49. The van der Waals surface area contributed by atoms with Gasteiger partial charge in [-0.25, -0.2) is 4.98 Å². The van der Waals surface area contributed by atoms with Gasteiger partial charge in [-0.1, -0.05) is 11.3 Å². The van der Waals surface area contributed by atoms with E-state index in [9.17, 15) is 0 Å². The summed E-state index contributed by atoms with van der Waals surface area (Å²) in [6.07, 6.45) is 6.06. The summed E-state index contributed by atoms with van der Waals surface area (Å²) in [6.45, 7) is 2.93. The van der Waals surface area contributed by atoms with Crippen LogP contribution in [0.5, 0.6) is 10.9 Å². The first kappa shape index (κ1) is 22.2. The summed E-state index contributed by atoms with van der Waals surface area (Å²) in [4.78, 5) is 21.9. The van der Waals surface area contributed by atoms with Gasteiger partial charge in [-0.05, 0) is 64.3 Å². The Bertz CT molecular complexity index is 1150. The molecule has 9 heteroatoms. The Morgan fingerprint density at radius 1 is 1.31 bits per heavy atom. The molecule has 1 saturated heterocycles. The van der Waals surface area contributed by atoms with Crippen molar-refractivity contribution in [3.8, 4) is 10.9 Å². The van der Waals surface area contributed by atoms with Crippen molar-refractivity contribution in [2.75, 3.05) is 27.2 Å². The Morgan fingerprint density at radius 2 is 2.09 bits per heavy atom. The highest BCUT2D eigenvalue weighted by atomic mass is 32.1. The van der Waals surface area contributed by atoms with Crippen LogP contribution in [0.1, 0.15) is 18.4 Å². The van der Waals surface area contributed by atoms with Crippen molar-refractivity contribution >= 4 is 39.1 Å². The Morgan fingerprint density at radius 3 is 2.81 bits per heavy atom. The molecule has 3 aromatic heterocycles. The zero-order valence-electron chi connectivity index (χ0n) is 18.1. The Hall–Kier alpha value is -3.01. The number of hydrogen-bond acceptors (Lipinski definition) is 8. The topological polar surface area (TPSA) is 91.9 Å². The van der Waals surface area contributed by atoms with E-state index in [1.165, 1.54) is 29.7 Å². The van der Waals surface area contributed by atoms with Crippen LogP contribution in [0.25, 0.3) is 21.3 Å². The van der Waals surface area contributed by atoms with Crippen LogP contribution in [-0.2, 0) is 11.3 Å². The summed E-state index contributed by atoms with van der Waals surface area (Å²) in [6, 6.07) is 10.6. The highest BCUT2D eigenvalue weighted by molar-refractivity contribution is 7.20. The van der Waals surface area contributed by atoms with Crippen LogP contribution in [0.2, 0.25) is 0 Å². The van der Waals surface area contributed by atoms with Crippen molar-refractivity contribution in [1.29, 1.82) is 0 Å². The summed E-state index contributed by atoms with van der Waals surface area (Å²) < 4.78 is 12.8. The van der Waals surface area contributed by atoms with E-state index in [0.717, 1.165) is 41.1 Å². The first-order valence-electron chi connectivity index (χ1n) is 10.4. The Labute approximate surface area is 190 Å². The third-order valence-corrected chi connectivity index (χ3v) is 6.55. The molecule has 0 aliphatic carbocycles. The molecule has 1 N–H and O–H groups in total. The fourth-order valence-electron chi connectivity index (χ4n) is 3.98. The first-order valence-corrected chi connectivity index (χ1v) is 11.2. The first-order chi connectivity index (χ1) is 15.6. The van der Waals surface area contributed by atoms with Crippen molar-refractivity contribution in [3.63, 3.8) is 0 Å². The molecule has 168 valence electrons. The number of carbonyl (C=O) groups is 1. The average molecular weight is 455 g/mol. The van der Waals surface area contributed by atoms with Gasteiger partial charge in [0.05, 0.1) is 11.0 Å². The van der Waals surface area contributed by atoms with Crippen molar-refractivity contribution in [2.45, 2.75) is 25.4 Å². The lowest BCUT2D eigenvalue weighted by molar-refractivity contribution is -0.122. The van der Waals surface area contributed by atoms with E-state index < -0.39 is 0 Å². The molecule has 1 fully saturated rings. The SMILES string of the molecule is CN(C)C1CCN(Cc2coc3cc(Oc4nc5ncccc5s4)ccc23)CC1.O=CO. The molecule has 1 aliphatic rings. The summed E-state index contributed by atoms with van der Waals surface area (Å²) in [7, 11) is 4.35. The van der Waals surface area contributed by atoms with E-state index in [-0.39, 0.29) is 6.47 Å². The fraction of sp³-hybridized carbons (Fsp3) is 0.348. The van der Waals surface area contributed by atoms with Gasteiger partial charge < -0.3 is 19.2 Å². The number of aromatic nitrogens is 2. The van der Waals surface area contributed by atoms with Gasteiger partial charge >= 0.3 is 0 Å². The number of fused-ring (bicyclic) bond motifs is 2. The molecular weight excluding hydrogens is 428 g/mol. The van der Waals surface area contributed by atoms with Gasteiger partial charge in [0.1, 0.15) is 11.3 Å². The molecule has 0 saturated carbocycles. The van der Waals surface area contributed by atoms with Crippen LogP contribution in [0.15, 0.2) is 47.2 Å². The monoisotopic (exact) mass is 454 g/mol. The molecule has 8 nitrogen and oxygen atoms in total. The van der Waals surface area contributed by atoms with Crippen LogP contribution >= 0.6 is 11.3 Å². The molecule has 5 rings (SSSR count). The number of pyridine rings is 1. The van der Waals surface area contributed by atoms with E-state index >= 15 is 0 Å². The summed E-state index contributed by atoms with van der Waals surface area (Å²) in [5.74, 6) is 0.726. The van der Waals surface area contributed by atoms with Gasteiger partial charge in [0, 0.05) is 35.8 Å². The number of nitrogens with zero attached hydrogens (tertiary/aromatic N) is 4. The van der Waals surface area contributed by atoms with Gasteiger partial charge in [0.25, 0.3) is 11.7 Å². The molecule has 0 bridgehead atoms. The number of rotatable bonds is 5. The molecule has 1 aliphatic heterocycles. The molecule has 32 heavy (non-hydrogen) atoms. The summed E-state index contributed by atoms with van der Waals surface area (Å²) in [5.41, 5.74) is 2.80. The number of hydrogen-bond donors (Lipinski definition) is 1. The van der Waals surface area contributed by atoms with Gasteiger partial charge in [0.15, 0.2) is 5.65 Å². The van der Waals surface area contributed by atoms with Crippen molar-refractivity contribution in [2.24, 2.45) is 0 Å². The molecule has 0 radical (unpaired) electrons. The minimum Gasteiger partial charge on any atom is -0.483 e. The molecule has 0 amide bonds. The number of thiazole rings is 1. The highest BCUT2D eigenvalue weighted by Gasteiger charge is 2.21. The second-order valence-electron chi connectivity index (χ2n) is 7.90. The number of furan rings is 1. The van der Waals surface area contributed by atoms with Crippen LogP contribution in [0.4, 0.5) is 0 Å². The third-order valence-electron chi connectivity index (χ3n) is 5.66. The molecule has 0 atom stereocenters. The lowest BCUT2D eigenvalue weighted by atomic mass is 10.0. The average Bonchev–Trinajstić information content (AvgIpc) is 3.38. The van der Waals surface area contributed by atoms with Gasteiger partial charge in [-0.3, -0.25) is 9.69 Å². The molecular formula is C23H26N4O4S. The predicted molar refractivity (Wildman–Crippen MR) is 124 cm³/mol. The number of benzene rings is 1. The number of ether oxygens (including phenoxy) is 1. The minimum absolute atomic E-state index is 0.250. The predicted octanol–water partition coefficient (Wildman–Crippen LogP) is 4.46. The largest absolute Gasteiger partial charge is 0.483 e. The Kier molecular flexibility index (Phi) is 6.99. The lowest BCUT2D eigenvalue weighted by Crippen LogP contribution is -2.41. The quantitative estimate of drug-likeness (QED) is 0.442. The van der Waals surface area contributed by atoms with Crippen LogP contribution in [0.3, 0.4) is 0 Å². The lowest BCUT2D eigenvalue weighted by Gasteiger charge is -2.35. The van der Waals surface area contributed by atoms with Gasteiger partial charge in [-0.15, -0.1) is 0 Å². The minimum atomic E-state index is -0.250. The summed E-state index contributed by atoms with van der Waals surface area (Å²) in [5, 5.41) is 8.63. The van der Waals surface area contributed by atoms with Crippen LogP contribution in [0, 0.1) is 0 Å². The zero-order valence-corrected chi connectivity index (χ0v) is 18.9. The van der Waals surface area contributed by atoms with Gasteiger partial charge in [-0.2, -0.15) is 4.98 Å². The van der Waals surface area contributed by atoms with E-state index in [2.05, 4.69) is 39.9 Å². The molecule has 4 aromatic rings. The maximum Gasteiger partial charge on any atom is 0.290 e. The van der Waals surface area contributed by atoms with Crippen molar-refractivity contribution in [1.82, 2.24) is 19.8 Å². The van der Waals surface area contributed by atoms with Crippen LogP contribution in [-0.4, -0.2) is 64.6 Å².